The van der Waals surface area contributed by atoms with Crippen LogP contribution in [0.1, 0.15) is 63.5 Å². The van der Waals surface area contributed by atoms with Crippen molar-refractivity contribution in [1.29, 1.82) is 0 Å². The van der Waals surface area contributed by atoms with Crippen LogP contribution in [0.5, 0.6) is 5.75 Å². The number of imide groups is 1. The van der Waals surface area contributed by atoms with E-state index >= 15 is 0 Å². The predicted octanol–water partition coefficient (Wildman–Crippen LogP) is 5.37. The summed E-state index contributed by atoms with van der Waals surface area (Å²) < 4.78 is 5.70. The molecule has 0 spiro atoms. The van der Waals surface area contributed by atoms with Crippen LogP contribution >= 0.6 is 0 Å². The van der Waals surface area contributed by atoms with Crippen LogP contribution in [-0.4, -0.2) is 36.4 Å². The Morgan fingerprint density at radius 2 is 1.53 bits per heavy atom. The fourth-order valence-electron chi connectivity index (χ4n) is 4.37. The van der Waals surface area contributed by atoms with Gasteiger partial charge in [-0.15, -0.1) is 0 Å². The van der Waals surface area contributed by atoms with Crippen molar-refractivity contribution in [3.63, 3.8) is 0 Å². The van der Waals surface area contributed by atoms with E-state index in [4.69, 9.17) is 4.74 Å². The number of hydrogen-bond acceptors (Lipinski definition) is 4. The van der Waals surface area contributed by atoms with Crippen molar-refractivity contribution >= 4 is 23.1 Å². The molecule has 5 nitrogen and oxygen atoms in total. The predicted molar refractivity (Wildman–Crippen MR) is 128 cm³/mol. The monoisotopic (exact) mass is 432 g/mol. The lowest BCUT2D eigenvalue weighted by molar-refractivity contribution is -0.120. The van der Waals surface area contributed by atoms with Crippen LogP contribution in [-0.2, 0) is 9.59 Å². The maximum absolute atomic E-state index is 13.6. The summed E-state index contributed by atoms with van der Waals surface area (Å²) in [6.45, 7) is 8.57. The lowest BCUT2D eigenvalue weighted by Crippen LogP contribution is -2.37. The Hall–Kier alpha value is -3.08. The number of rotatable bonds is 7. The topological polar surface area (TPSA) is 49.9 Å². The molecule has 0 bridgehead atoms. The number of nitrogens with zero attached hydrogens (tertiary/aromatic N) is 2. The molecule has 1 saturated heterocycles. The fourth-order valence-corrected chi connectivity index (χ4v) is 4.37. The Labute approximate surface area is 190 Å². The molecule has 2 heterocycles. The first-order chi connectivity index (χ1) is 15.5. The molecule has 2 aliphatic heterocycles. The number of anilines is 1. The first-order valence-corrected chi connectivity index (χ1v) is 11.7. The molecular formula is C27H32N2O3. The Bertz CT molecular complexity index is 1000. The van der Waals surface area contributed by atoms with Crippen molar-refractivity contribution < 1.29 is 14.3 Å². The van der Waals surface area contributed by atoms with Gasteiger partial charge in [-0.1, -0.05) is 45.0 Å². The molecule has 0 aromatic heterocycles. The van der Waals surface area contributed by atoms with E-state index in [1.165, 1.54) is 10.5 Å². The summed E-state index contributed by atoms with van der Waals surface area (Å²) in [5, 5.41) is 0. The molecule has 2 aromatic carbocycles. The number of ether oxygens (including phenoxy) is 1. The Morgan fingerprint density at radius 1 is 0.875 bits per heavy atom. The minimum atomic E-state index is -0.255. The smallest absolute Gasteiger partial charge is 0.282 e. The summed E-state index contributed by atoms with van der Waals surface area (Å²) in [5.41, 5.74) is 3.59. The fraction of sp³-hybridized carbons (Fsp3) is 0.407. The van der Waals surface area contributed by atoms with E-state index < -0.39 is 0 Å². The van der Waals surface area contributed by atoms with Gasteiger partial charge < -0.3 is 9.64 Å². The standard InChI is InChI=1S/C27H32N2O3/c1-4-18-32-23-14-10-21(11-15-23)24-25(28-16-6-5-7-17-28)27(31)29(26(24)30)22-12-8-20(9-13-22)19(2)3/h8-15,19H,4-7,16-18H2,1-3H3. The average Bonchev–Trinajstić information content (AvgIpc) is 3.08. The van der Waals surface area contributed by atoms with Gasteiger partial charge in [-0.25, -0.2) is 4.90 Å². The van der Waals surface area contributed by atoms with E-state index in [0.29, 0.717) is 29.5 Å². The van der Waals surface area contributed by atoms with E-state index in [-0.39, 0.29) is 11.8 Å². The number of hydrogen-bond donors (Lipinski definition) is 0. The molecule has 32 heavy (non-hydrogen) atoms. The first-order valence-electron chi connectivity index (χ1n) is 11.7. The summed E-state index contributed by atoms with van der Waals surface area (Å²) in [5.74, 6) is 0.680. The molecule has 168 valence electrons. The zero-order valence-electron chi connectivity index (χ0n) is 19.3. The van der Waals surface area contributed by atoms with Crippen molar-refractivity contribution in [3.8, 4) is 5.75 Å². The zero-order valence-corrected chi connectivity index (χ0v) is 19.3. The Balaban J connectivity index is 1.72. The second kappa shape index (κ2) is 9.60. The molecule has 5 heteroatoms. The highest BCUT2D eigenvalue weighted by Crippen LogP contribution is 2.36. The second-order valence-electron chi connectivity index (χ2n) is 8.84. The number of likely N-dealkylation sites (tertiary alicyclic amines) is 1. The van der Waals surface area contributed by atoms with Crippen LogP contribution in [0.3, 0.4) is 0 Å². The lowest BCUT2D eigenvalue weighted by Gasteiger charge is -2.29. The molecule has 0 atom stereocenters. The summed E-state index contributed by atoms with van der Waals surface area (Å²) in [6.07, 6.45) is 4.16. The average molecular weight is 433 g/mol. The SMILES string of the molecule is CCCOc1ccc(C2=C(N3CCCCC3)C(=O)N(c3ccc(C(C)C)cc3)C2=O)cc1. The van der Waals surface area contributed by atoms with Crippen LogP contribution in [0.2, 0.25) is 0 Å². The van der Waals surface area contributed by atoms with Crippen LogP contribution in [0.15, 0.2) is 54.2 Å². The largest absolute Gasteiger partial charge is 0.494 e. The Kier molecular flexibility index (Phi) is 6.63. The van der Waals surface area contributed by atoms with Crippen LogP contribution in [0.25, 0.3) is 5.57 Å². The van der Waals surface area contributed by atoms with Crippen LogP contribution < -0.4 is 9.64 Å². The number of carbonyl (C=O) groups excluding carboxylic acids is 2. The maximum atomic E-state index is 13.6. The second-order valence-corrected chi connectivity index (χ2v) is 8.84. The third-order valence-corrected chi connectivity index (χ3v) is 6.17. The first kappa shape index (κ1) is 22.1. The number of amides is 2. The summed E-state index contributed by atoms with van der Waals surface area (Å²) in [4.78, 5) is 30.7. The van der Waals surface area contributed by atoms with Gasteiger partial charge in [0.25, 0.3) is 11.8 Å². The van der Waals surface area contributed by atoms with Crippen molar-refractivity contribution in [2.24, 2.45) is 0 Å². The molecule has 0 N–H and O–H groups in total. The number of benzene rings is 2. The van der Waals surface area contributed by atoms with Crippen LogP contribution in [0.4, 0.5) is 5.69 Å². The molecule has 2 amide bonds. The van der Waals surface area contributed by atoms with Gasteiger partial charge in [-0.3, -0.25) is 9.59 Å². The summed E-state index contributed by atoms with van der Waals surface area (Å²) >= 11 is 0. The highest BCUT2D eigenvalue weighted by molar-refractivity contribution is 6.45. The van der Waals surface area contributed by atoms with Gasteiger partial charge in [0.2, 0.25) is 0 Å². The van der Waals surface area contributed by atoms with Gasteiger partial charge in [0.05, 0.1) is 17.9 Å². The molecule has 2 aromatic rings. The minimum Gasteiger partial charge on any atom is -0.494 e. The molecule has 1 fully saturated rings. The van der Waals surface area contributed by atoms with E-state index in [2.05, 4.69) is 25.7 Å². The van der Waals surface area contributed by atoms with E-state index in [1.54, 1.807) is 0 Å². The molecule has 0 aliphatic carbocycles. The van der Waals surface area contributed by atoms with Gasteiger partial charge in [0, 0.05) is 13.1 Å². The van der Waals surface area contributed by atoms with Crippen LogP contribution in [0, 0.1) is 0 Å². The van der Waals surface area contributed by atoms with Crippen molar-refractivity contribution in [1.82, 2.24) is 4.90 Å². The summed E-state index contributed by atoms with van der Waals surface area (Å²) in [6, 6.07) is 15.3. The highest BCUT2D eigenvalue weighted by atomic mass is 16.5. The van der Waals surface area contributed by atoms with Crippen molar-refractivity contribution in [2.45, 2.75) is 52.4 Å². The number of carbonyl (C=O) groups is 2. The lowest BCUT2D eigenvalue weighted by atomic mass is 10.0. The highest BCUT2D eigenvalue weighted by Gasteiger charge is 2.42. The van der Waals surface area contributed by atoms with Gasteiger partial charge >= 0.3 is 0 Å². The molecule has 4 rings (SSSR count). The maximum Gasteiger partial charge on any atom is 0.282 e. The molecule has 0 radical (unpaired) electrons. The molecule has 0 saturated carbocycles. The summed E-state index contributed by atoms with van der Waals surface area (Å²) in [7, 11) is 0. The third-order valence-electron chi connectivity index (χ3n) is 6.17. The van der Waals surface area contributed by atoms with Gasteiger partial charge in [0.1, 0.15) is 11.4 Å². The van der Waals surface area contributed by atoms with E-state index in [1.807, 2.05) is 48.5 Å². The van der Waals surface area contributed by atoms with Crippen molar-refractivity contribution in [3.05, 3.63) is 65.4 Å². The van der Waals surface area contributed by atoms with Gasteiger partial charge in [-0.05, 0) is 67.0 Å². The molecule has 2 aliphatic rings. The van der Waals surface area contributed by atoms with Gasteiger partial charge in [0.15, 0.2) is 0 Å². The molecule has 0 unspecified atom stereocenters. The van der Waals surface area contributed by atoms with E-state index in [9.17, 15) is 9.59 Å². The third kappa shape index (κ3) is 4.29. The molecular weight excluding hydrogens is 400 g/mol. The Morgan fingerprint density at radius 3 is 2.12 bits per heavy atom. The zero-order chi connectivity index (χ0) is 22.7. The van der Waals surface area contributed by atoms with Gasteiger partial charge in [-0.2, -0.15) is 0 Å². The minimum absolute atomic E-state index is 0.226. The van der Waals surface area contributed by atoms with E-state index in [0.717, 1.165) is 50.1 Å². The van der Waals surface area contributed by atoms with Crippen molar-refractivity contribution in [2.75, 3.05) is 24.6 Å². The quantitative estimate of drug-likeness (QED) is 0.552. The number of piperidine rings is 1. The normalized spacial score (nSPS) is 17.0.